The maximum absolute atomic E-state index is 12.2. The second-order valence-corrected chi connectivity index (χ2v) is 6.31. The van der Waals surface area contributed by atoms with Gasteiger partial charge in [0.05, 0.1) is 5.41 Å². The Labute approximate surface area is 114 Å². The van der Waals surface area contributed by atoms with E-state index < -0.39 is 11.4 Å². The van der Waals surface area contributed by atoms with Crippen LogP contribution >= 0.6 is 0 Å². The number of hydrogen-bond acceptors (Lipinski definition) is 2. The third-order valence-corrected chi connectivity index (χ3v) is 4.69. The Hall–Kier alpha value is -1.26. The molecule has 0 bridgehead atoms. The summed E-state index contributed by atoms with van der Waals surface area (Å²) in [7, 11) is 0. The van der Waals surface area contributed by atoms with Crippen LogP contribution in [0.2, 0.25) is 0 Å². The molecule has 1 saturated heterocycles. The number of carbonyl (C=O) groups excluding carboxylic acids is 1. The highest BCUT2D eigenvalue weighted by Crippen LogP contribution is 2.38. The van der Waals surface area contributed by atoms with Gasteiger partial charge in [-0.2, -0.15) is 0 Å². The predicted octanol–water partition coefficient (Wildman–Crippen LogP) is 2.07. The van der Waals surface area contributed by atoms with Crippen molar-refractivity contribution in [3.05, 3.63) is 0 Å². The van der Waals surface area contributed by atoms with E-state index >= 15 is 0 Å². The van der Waals surface area contributed by atoms with Crippen LogP contribution in [0.5, 0.6) is 0 Å². The topological polar surface area (TPSA) is 69.6 Å². The van der Waals surface area contributed by atoms with Crippen molar-refractivity contribution in [3.63, 3.8) is 0 Å². The fourth-order valence-corrected chi connectivity index (χ4v) is 3.27. The summed E-state index contributed by atoms with van der Waals surface area (Å²) >= 11 is 0. The minimum Gasteiger partial charge on any atom is -0.481 e. The van der Waals surface area contributed by atoms with E-state index in [1.807, 2.05) is 4.90 Å². The Bertz CT molecular complexity index is 372. The molecule has 1 heterocycles. The lowest BCUT2D eigenvalue weighted by molar-refractivity contribution is -0.148. The van der Waals surface area contributed by atoms with Crippen LogP contribution in [0.1, 0.15) is 46.0 Å². The van der Waals surface area contributed by atoms with E-state index in [0.29, 0.717) is 12.3 Å². The fraction of sp³-hybridized carbons (Fsp3) is 0.857. The first-order valence-corrected chi connectivity index (χ1v) is 7.22. The van der Waals surface area contributed by atoms with Gasteiger partial charge in [0.1, 0.15) is 0 Å². The first-order chi connectivity index (χ1) is 8.93. The first-order valence-electron chi connectivity index (χ1n) is 7.22. The second kappa shape index (κ2) is 5.39. The molecule has 1 aliphatic heterocycles. The summed E-state index contributed by atoms with van der Waals surface area (Å²) in [6, 6.07) is -0.333. The normalized spacial score (nSPS) is 35.2. The molecule has 2 N–H and O–H groups in total. The van der Waals surface area contributed by atoms with Crippen LogP contribution < -0.4 is 5.32 Å². The monoisotopic (exact) mass is 268 g/mol. The summed E-state index contributed by atoms with van der Waals surface area (Å²) in [6.45, 7) is 5.46. The molecule has 1 saturated carbocycles. The zero-order chi connectivity index (χ0) is 14.0. The van der Waals surface area contributed by atoms with Gasteiger partial charge < -0.3 is 15.3 Å². The molecule has 0 radical (unpaired) electrons. The van der Waals surface area contributed by atoms with Gasteiger partial charge in [-0.3, -0.25) is 4.79 Å². The number of urea groups is 1. The van der Waals surface area contributed by atoms with Crippen LogP contribution in [-0.4, -0.2) is 41.1 Å². The molecular formula is C14H24N2O3. The lowest BCUT2D eigenvalue weighted by Crippen LogP contribution is -2.53. The van der Waals surface area contributed by atoms with E-state index in [1.165, 1.54) is 6.42 Å². The van der Waals surface area contributed by atoms with Crippen LogP contribution in [0.3, 0.4) is 0 Å². The number of carboxylic acids is 1. The highest BCUT2D eigenvalue weighted by Gasteiger charge is 2.46. The van der Waals surface area contributed by atoms with Gasteiger partial charge in [0.25, 0.3) is 0 Å². The molecule has 5 nitrogen and oxygen atoms in total. The van der Waals surface area contributed by atoms with Gasteiger partial charge in [0, 0.05) is 19.1 Å². The zero-order valence-electron chi connectivity index (χ0n) is 11.8. The zero-order valence-corrected chi connectivity index (χ0v) is 11.8. The predicted molar refractivity (Wildman–Crippen MR) is 71.9 cm³/mol. The number of amides is 2. The Morgan fingerprint density at radius 1 is 1.32 bits per heavy atom. The summed E-state index contributed by atoms with van der Waals surface area (Å²) < 4.78 is 0. The minimum atomic E-state index is -0.808. The van der Waals surface area contributed by atoms with Gasteiger partial charge >= 0.3 is 12.0 Å². The molecule has 5 heteroatoms. The van der Waals surface area contributed by atoms with Gasteiger partial charge in [-0.05, 0) is 38.5 Å². The molecule has 0 aromatic heterocycles. The van der Waals surface area contributed by atoms with Crippen molar-refractivity contribution in [2.75, 3.05) is 13.1 Å². The summed E-state index contributed by atoms with van der Waals surface area (Å²) in [5, 5.41) is 12.3. The van der Waals surface area contributed by atoms with Gasteiger partial charge in [-0.15, -0.1) is 0 Å². The molecule has 2 amide bonds. The van der Waals surface area contributed by atoms with Gasteiger partial charge in [0.2, 0.25) is 0 Å². The largest absolute Gasteiger partial charge is 0.481 e. The average Bonchev–Trinajstić information content (AvgIpc) is 2.72. The number of carboxylic acid groups (broad SMARTS) is 1. The standard InChI is InChI=1S/C14H24N2O3/c1-10-5-4-8-16(9-10)13(19)15-11-6-3-7-14(11,2)12(17)18/h10-11H,3-9H2,1-2H3,(H,15,19)(H,17,18). The number of likely N-dealkylation sites (tertiary alicyclic amines) is 1. The van der Waals surface area contributed by atoms with E-state index in [0.717, 1.165) is 32.4 Å². The van der Waals surface area contributed by atoms with Crippen molar-refractivity contribution < 1.29 is 14.7 Å². The highest BCUT2D eigenvalue weighted by molar-refractivity contribution is 5.79. The van der Waals surface area contributed by atoms with E-state index in [9.17, 15) is 14.7 Å². The van der Waals surface area contributed by atoms with Crippen molar-refractivity contribution in [1.29, 1.82) is 0 Å². The van der Waals surface area contributed by atoms with E-state index in [2.05, 4.69) is 12.2 Å². The third kappa shape index (κ3) is 2.85. The quantitative estimate of drug-likeness (QED) is 0.805. The second-order valence-electron chi connectivity index (χ2n) is 6.31. The van der Waals surface area contributed by atoms with Crippen molar-refractivity contribution in [1.82, 2.24) is 10.2 Å². The number of rotatable bonds is 2. The van der Waals surface area contributed by atoms with Crippen molar-refractivity contribution in [2.24, 2.45) is 11.3 Å². The van der Waals surface area contributed by atoms with Gasteiger partial charge in [-0.25, -0.2) is 4.79 Å². The summed E-state index contributed by atoms with van der Waals surface area (Å²) in [4.78, 5) is 25.4. The fourth-order valence-electron chi connectivity index (χ4n) is 3.27. The van der Waals surface area contributed by atoms with Crippen molar-refractivity contribution >= 4 is 12.0 Å². The Morgan fingerprint density at radius 2 is 2.05 bits per heavy atom. The Morgan fingerprint density at radius 3 is 2.68 bits per heavy atom. The number of nitrogens with one attached hydrogen (secondary N) is 1. The molecule has 2 rings (SSSR count). The molecule has 19 heavy (non-hydrogen) atoms. The number of carbonyl (C=O) groups is 2. The number of piperidine rings is 1. The number of aliphatic carboxylic acids is 1. The number of hydrogen-bond donors (Lipinski definition) is 2. The Kier molecular flexibility index (Phi) is 4.02. The molecule has 3 unspecified atom stereocenters. The van der Waals surface area contributed by atoms with Crippen LogP contribution in [0.4, 0.5) is 4.79 Å². The first kappa shape index (κ1) is 14.2. The Balaban J connectivity index is 1.96. The molecule has 2 aliphatic rings. The van der Waals surface area contributed by atoms with Crippen LogP contribution in [0, 0.1) is 11.3 Å². The van der Waals surface area contributed by atoms with E-state index in [-0.39, 0.29) is 12.1 Å². The molecule has 0 aromatic rings. The van der Waals surface area contributed by atoms with Crippen molar-refractivity contribution in [3.8, 4) is 0 Å². The van der Waals surface area contributed by atoms with Gasteiger partial charge in [0.15, 0.2) is 0 Å². The lowest BCUT2D eigenvalue weighted by atomic mass is 9.85. The summed E-state index contributed by atoms with van der Waals surface area (Å²) in [5.74, 6) is -0.267. The van der Waals surface area contributed by atoms with Crippen LogP contribution in [0.25, 0.3) is 0 Å². The molecular weight excluding hydrogens is 244 g/mol. The molecule has 0 aromatic carbocycles. The summed E-state index contributed by atoms with van der Waals surface area (Å²) in [6.07, 6.45) is 4.47. The van der Waals surface area contributed by atoms with Crippen LogP contribution in [0.15, 0.2) is 0 Å². The number of nitrogens with zero attached hydrogens (tertiary/aromatic N) is 1. The molecule has 108 valence electrons. The lowest BCUT2D eigenvalue weighted by Gasteiger charge is -2.34. The third-order valence-electron chi connectivity index (χ3n) is 4.69. The van der Waals surface area contributed by atoms with E-state index in [1.54, 1.807) is 6.92 Å². The maximum Gasteiger partial charge on any atom is 0.317 e. The highest BCUT2D eigenvalue weighted by atomic mass is 16.4. The van der Waals surface area contributed by atoms with E-state index in [4.69, 9.17) is 0 Å². The van der Waals surface area contributed by atoms with Crippen molar-refractivity contribution in [2.45, 2.75) is 52.0 Å². The molecule has 0 spiro atoms. The molecule has 2 fully saturated rings. The SMILES string of the molecule is CC1CCCN(C(=O)NC2CCCC2(C)C(=O)O)C1. The van der Waals surface area contributed by atoms with Gasteiger partial charge in [-0.1, -0.05) is 13.3 Å². The smallest absolute Gasteiger partial charge is 0.317 e. The molecule has 3 atom stereocenters. The average molecular weight is 268 g/mol. The molecule has 1 aliphatic carbocycles. The maximum atomic E-state index is 12.2. The van der Waals surface area contributed by atoms with Crippen LogP contribution in [-0.2, 0) is 4.79 Å². The minimum absolute atomic E-state index is 0.0917. The summed E-state index contributed by atoms with van der Waals surface area (Å²) in [5.41, 5.74) is -0.808.